The molecule has 130 valence electrons. The minimum atomic E-state index is -0.106. The monoisotopic (exact) mass is 359 g/mol. The van der Waals surface area contributed by atoms with Crippen molar-refractivity contribution >= 4 is 22.4 Å². The number of amides is 1. The van der Waals surface area contributed by atoms with Crippen LogP contribution in [0.5, 0.6) is 5.75 Å². The Morgan fingerprint density at radius 2 is 2.08 bits per heavy atom. The number of benzene rings is 1. The van der Waals surface area contributed by atoms with E-state index < -0.39 is 0 Å². The normalized spacial score (nSPS) is 10.6. The summed E-state index contributed by atoms with van der Waals surface area (Å²) in [4.78, 5) is 16.2. The second-order valence-corrected chi connectivity index (χ2v) is 6.45. The van der Waals surface area contributed by atoms with E-state index >= 15 is 0 Å². The standard InChI is InChI=1S/C16H17N5O3S/c1-10-19-20-16(25-10)17-13(22)4-3-5-14-18-15(21-24-14)11-6-8-12(23-2)9-7-11/h6-9H,3-5H2,1-2H3,(H,17,20,22). The number of ether oxygens (including phenoxy) is 1. The molecule has 1 N–H and O–H groups in total. The van der Waals surface area contributed by atoms with Gasteiger partial charge in [-0.2, -0.15) is 4.98 Å². The number of carbonyl (C=O) groups is 1. The molecule has 0 fully saturated rings. The fourth-order valence-corrected chi connectivity index (χ4v) is 2.75. The maximum atomic E-state index is 11.8. The number of carbonyl (C=O) groups excluding carboxylic acids is 1. The third-order valence-electron chi connectivity index (χ3n) is 3.38. The average Bonchev–Trinajstić information content (AvgIpc) is 3.24. The highest BCUT2D eigenvalue weighted by atomic mass is 32.1. The third-order valence-corrected chi connectivity index (χ3v) is 4.14. The Hall–Kier alpha value is -2.81. The van der Waals surface area contributed by atoms with Gasteiger partial charge in [0.25, 0.3) is 0 Å². The molecule has 0 aliphatic heterocycles. The molecule has 1 amide bonds. The van der Waals surface area contributed by atoms with Gasteiger partial charge in [0.15, 0.2) is 0 Å². The van der Waals surface area contributed by atoms with Gasteiger partial charge in [0.1, 0.15) is 10.8 Å². The number of methoxy groups -OCH3 is 1. The van der Waals surface area contributed by atoms with Crippen molar-refractivity contribution in [1.29, 1.82) is 0 Å². The van der Waals surface area contributed by atoms with Gasteiger partial charge in [0.2, 0.25) is 22.8 Å². The summed E-state index contributed by atoms with van der Waals surface area (Å²) in [5.41, 5.74) is 0.847. The first kappa shape index (κ1) is 17.0. The predicted octanol–water partition coefficient (Wildman–Crippen LogP) is 2.87. The van der Waals surface area contributed by atoms with Crippen molar-refractivity contribution in [3.8, 4) is 17.1 Å². The zero-order valence-electron chi connectivity index (χ0n) is 13.9. The fourth-order valence-electron chi connectivity index (χ4n) is 2.14. The Morgan fingerprint density at radius 1 is 1.28 bits per heavy atom. The van der Waals surface area contributed by atoms with Crippen molar-refractivity contribution in [1.82, 2.24) is 20.3 Å². The SMILES string of the molecule is COc1ccc(-c2noc(CCCC(=O)Nc3nnc(C)s3)n2)cc1. The van der Waals surface area contributed by atoms with Crippen molar-refractivity contribution < 1.29 is 14.1 Å². The lowest BCUT2D eigenvalue weighted by atomic mass is 10.2. The summed E-state index contributed by atoms with van der Waals surface area (Å²) in [6.07, 6.45) is 1.48. The molecule has 2 heterocycles. The van der Waals surface area contributed by atoms with E-state index in [-0.39, 0.29) is 5.91 Å². The summed E-state index contributed by atoms with van der Waals surface area (Å²) in [5.74, 6) is 1.69. The number of nitrogens with zero attached hydrogens (tertiary/aromatic N) is 4. The quantitative estimate of drug-likeness (QED) is 0.692. The largest absolute Gasteiger partial charge is 0.497 e. The van der Waals surface area contributed by atoms with Crippen LogP contribution in [-0.2, 0) is 11.2 Å². The van der Waals surface area contributed by atoms with Crippen molar-refractivity contribution in [2.45, 2.75) is 26.2 Å². The van der Waals surface area contributed by atoms with E-state index in [0.29, 0.717) is 36.1 Å². The van der Waals surface area contributed by atoms with Crippen molar-refractivity contribution in [2.24, 2.45) is 0 Å². The summed E-state index contributed by atoms with van der Waals surface area (Å²) in [5, 5.41) is 15.7. The van der Waals surface area contributed by atoms with Gasteiger partial charge >= 0.3 is 0 Å². The predicted molar refractivity (Wildman–Crippen MR) is 92.5 cm³/mol. The Bertz CT molecular complexity index is 844. The van der Waals surface area contributed by atoms with Gasteiger partial charge < -0.3 is 14.6 Å². The molecule has 0 unspecified atom stereocenters. The van der Waals surface area contributed by atoms with Gasteiger partial charge in [0, 0.05) is 18.4 Å². The third kappa shape index (κ3) is 4.60. The molecule has 0 bridgehead atoms. The smallest absolute Gasteiger partial charge is 0.226 e. The van der Waals surface area contributed by atoms with Gasteiger partial charge in [-0.15, -0.1) is 10.2 Å². The maximum absolute atomic E-state index is 11.8. The van der Waals surface area contributed by atoms with Crippen LogP contribution < -0.4 is 10.1 Å². The van der Waals surface area contributed by atoms with Crippen LogP contribution >= 0.6 is 11.3 Å². The van der Waals surface area contributed by atoms with E-state index in [0.717, 1.165) is 16.3 Å². The van der Waals surface area contributed by atoms with Crippen LogP contribution in [0.15, 0.2) is 28.8 Å². The average molecular weight is 359 g/mol. The molecule has 0 aliphatic carbocycles. The van der Waals surface area contributed by atoms with Crippen molar-refractivity contribution in [3.05, 3.63) is 35.2 Å². The van der Waals surface area contributed by atoms with Crippen LogP contribution in [0.2, 0.25) is 0 Å². The zero-order valence-corrected chi connectivity index (χ0v) is 14.7. The first-order valence-electron chi connectivity index (χ1n) is 7.71. The molecule has 25 heavy (non-hydrogen) atoms. The number of hydrogen-bond donors (Lipinski definition) is 1. The molecule has 3 rings (SSSR count). The topological polar surface area (TPSA) is 103 Å². The Balaban J connectivity index is 1.48. The van der Waals surface area contributed by atoms with E-state index in [2.05, 4.69) is 25.7 Å². The molecule has 1 aromatic carbocycles. The summed E-state index contributed by atoms with van der Waals surface area (Å²) < 4.78 is 10.4. The molecule has 2 aromatic heterocycles. The summed E-state index contributed by atoms with van der Waals surface area (Å²) in [6, 6.07) is 7.41. The first-order valence-corrected chi connectivity index (χ1v) is 8.52. The van der Waals surface area contributed by atoms with Crippen LogP contribution in [0.1, 0.15) is 23.7 Å². The zero-order chi connectivity index (χ0) is 17.6. The van der Waals surface area contributed by atoms with Gasteiger partial charge in [-0.25, -0.2) is 0 Å². The molecule has 0 radical (unpaired) electrons. The van der Waals surface area contributed by atoms with Gasteiger partial charge in [-0.3, -0.25) is 4.79 Å². The minimum Gasteiger partial charge on any atom is -0.497 e. The fraction of sp³-hybridized carbons (Fsp3) is 0.312. The van der Waals surface area contributed by atoms with Crippen LogP contribution in [0.3, 0.4) is 0 Å². The lowest BCUT2D eigenvalue weighted by Gasteiger charge is -1.99. The summed E-state index contributed by atoms with van der Waals surface area (Å²) >= 11 is 1.35. The second-order valence-electron chi connectivity index (χ2n) is 5.27. The van der Waals surface area contributed by atoms with Crippen LogP contribution in [0.4, 0.5) is 5.13 Å². The Morgan fingerprint density at radius 3 is 2.76 bits per heavy atom. The lowest BCUT2D eigenvalue weighted by Crippen LogP contribution is -2.11. The summed E-state index contributed by atoms with van der Waals surface area (Å²) in [6.45, 7) is 1.84. The van der Waals surface area contributed by atoms with Crippen molar-refractivity contribution in [2.75, 3.05) is 12.4 Å². The van der Waals surface area contributed by atoms with Crippen LogP contribution in [0, 0.1) is 6.92 Å². The van der Waals surface area contributed by atoms with Gasteiger partial charge in [-0.1, -0.05) is 16.5 Å². The highest BCUT2D eigenvalue weighted by Gasteiger charge is 2.11. The number of hydrogen-bond acceptors (Lipinski definition) is 8. The number of anilines is 1. The Labute approximate surface area is 148 Å². The number of aryl methyl sites for hydroxylation is 2. The van der Waals surface area contributed by atoms with E-state index in [1.165, 1.54) is 11.3 Å². The number of rotatable bonds is 7. The van der Waals surface area contributed by atoms with E-state index in [1.54, 1.807) is 7.11 Å². The summed E-state index contributed by atoms with van der Waals surface area (Å²) in [7, 11) is 1.61. The molecular formula is C16H17N5O3S. The minimum absolute atomic E-state index is 0.106. The maximum Gasteiger partial charge on any atom is 0.226 e. The molecular weight excluding hydrogens is 342 g/mol. The van der Waals surface area contributed by atoms with Gasteiger partial charge in [-0.05, 0) is 37.6 Å². The van der Waals surface area contributed by atoms with E-state index in [4.69, 9.17) is 9.26 Å². The van der Waals surface area contributed by atoms with Crippen molar-refractivity contribution in [3.63, 3.8) is 0 Å². The van der Waals surface area contributed by atoms with Crippen LogP contribution in [-0.4, -0.2) is 33.4 Å². The molecule has 0 aliphatic rings. The number of aromatic nitrogens is 4. The molecule has 0 saturated carbocycles. The molecule has 0 spiro atoms. The molecule has 9 heteroatoms. The molecule has 3 aromatic rings. The van der Waals surface area contributed by atoms with Gasteiger partial charge in [0.05, 0.1) is 7.11 Å². The highest BCUT2D eigenvalue weighted by Crippen LogP contribution is 2.20. The second kappa shape index (κ2) is 7.84. The number of nitrogens with one attached hydrogen (secondary N) is 1. The highest BCUT2D eigenvalue weighted by molar-refractivity contribution is 7.15. The molecule has 8 nitrogen and oxygen atoms in total. The van der Waals surface area contributed by atoms with Crippen LogP contribution in [0.25, 0.3) is 11.4 Å². The molecule has 0 atom stereocenters. The lowest BCUT2D eigenvalue weighted by molar-refractivity contribution is -0.116. The van der Waals surface area contributed by atoms with E-state index in [9.17, 15) is 4.79 Å². The Kier molecular flexibility index (Phi) is 5.34. The van der Waals surface area contributed by atoms with E-state index in [1.807, 2.05) is 31.2 Å². The molecule has 0 saturated heterocycles. The first-order chi connectivity index (χ1) is 12.1.